The molecule has 2 nitrogen and oxygen atoms in total. The smallest absolute Gasteiger partial charge is 0.0496 e. The summed E-state index contributed by atoms with van der Waals surface area (Å²) >= 11 is 0. The van der Waals surface area contributed by atoms with Crippen molar-refractivity contribution in [3.63, 3.8) is 0 Å². The molecule has 5 aliphatic rings. The van der Waals surface area contributed by atoms with Gasteiger partial charge in [0.25, 0.3) is 0 Å². The lowest BCUT2D eigenvalue weighted by Crippen LogP contribution is -2.17. The quantitative estimate of drug-likeness (QED) is 0.161. The summed E-state index contributed by atoms with van der Waals surface area (Å²) in [5.41, 5.74) is 20.5. The lowest BCUT2D eigenvalue weighted by Gasteiger charge is -2.31. The second kappa shape index (κ2) is 14.5. The predicted molar refractivity (Wildman–Crippen MR) is 240 cm³/mol. The molecule has 4 bridgehead atoms. The van der Waals surface area contributed by atoms with E-state index in [0.29, 0.717) is 0 Å². The van der Waals surface area contributed by atoms with Gasteiger partial charge in [0.05, 0.1) is 0 Å². The van der Waals surface area contributed by atoms with Gasteiger partial charge in [0, 0.05) is 39.5 Å². The molecule has 0 spiro atoms. The largest absolute Gasteiger partial charge is 0.310 e. The van der Waals surface area contributed by atoms with Gasteiger partial charge in [-0.15, -0.1) is 0 Å². The molecule has 8 aromatic carbocycles. The van der Waals surface area contributed by atoms with Crippen LogP contribution in [0.3, 0.4) is 0 Å². The Kier molecular flexibility index (Phi) is 8.83. The van der Waals surface area contributed by atoms with E-state index in [4.69, 9.17) is 0 Å². The summed E-state index contributed by atoms with van der Waals surface area (Å²) in [6.07, 6.45) is 3.72. The minimum atomic E-state index is -0.0939. The molecular weight excluding hydrogens is 689 g/mol. The van der Waals surface area contributed by atoms with Crippen LogP contribution in [-0.4, -0.2) is 0 Å². The van der Waals surface area contributed by atoms with Gasteiger partial charge < -0.3 is 9.80 Å². The molecule has 0 saturated carbocycles. The van der Waals surface area contributed by atoms with Crippen molar-refractivity contribution >= 4 is 34.1 Å². The number of rotatable bonds is 7. The Morgan fingerprint density at radius 3 is 1.40 bits per heavy atom. The highest BCUT2D eigenvalue weighted by Gasteiger charge is 2.36. The first-order valence-corrected chi connectivity index (χ1v) is 20.4. The van der Waals surface area contributed by atoms with Gasteiger partial charge in [-0.25, -0.2) is 0 Å². The van der Waals surface area contributed by atoms with Gasteiger partial charge in [0.15, 0.2) is 0 Å². The minimum absolute atomic E-state index is 0.0939. The zero-order chi connectivity index (χ0) is 38.3. The van der Waals surface area contributed by atoms with Crippen LogP contribution in [0.4, 0.5) is 34.1 Å². The van der Waals surface area contributed by atoms with Crippen molar-refractivity contribution < 1.29 is 0 Å². The Labute approximate surface area is 337 Å². The molecule has 13 rings (SSSR count). The molecule has 0 fully saturated rings. The molecule has 0 aliphatic heterocycles. The number of aryl methyl sites for hydroxylation is 4. The molecule has 0 saturated heterocycles. The van der Waals surface area contributed by atoms with E-state index in [1.807, 2.05) is 0 Å². The van der Waals surface area contributed by atoms with Gasteiger partial charge in [-0.1, -0.05) is 147 Å². The van der Waals surface area contributed by atoms with Crippen LogP contribution in [0.5, 0.6) is 0 Å². The van der Waals surface area contributed by atoms with Crippen LogP contribution in [0, 0.1) is 0 Å². The minimum Gasteiger partial charge on any atom is -0.310 e. The van der Waals surface area contributed by atoms with Crippen molar-refractivity contribution in [2.24, 2.45) is 0 Å². The number of hydrogen-bond donors (Lipinski definition) is 0. The van der Waals surface area contributed by atoms with Crippen LogP contribution in [0.2, 0.25) is 0 Å². The second-order valence-electron chi connectivity index (χ2n) is 16.1. The summed E-state index contributed by atoms with van der Waals surface area (Å²) < 4.78 is 0. The van der Waals surface area contributed by atoms with Crippen LogP contribution in [0.15, 0.2) is 194 Å². The molecular formula is C55H46N2. The topological polar surface area (TPSA) is 6.48 Å². The van der Waals surface area contributed by atoms with E-state index in [-0.39, 0.29) is 5.41 Å². The predicted octanol–water partition coefficient (Wildman–Crippen LogP) is 14.5. The first kappa shape index (κ1) is 34.8. The monoisotopic (exact) mass is 734 g/mol. The highest BCUT2D eigenvalue weighted by molar-refractivity contribution is 5.87. The van der Waals surface area contributed by atoms with Gasteiger partial charge in [-0.3, -0.25) is 0 Å². The summed E-state index contributed by atoms with van der Waals surface area (Å²) in [5, 5.41) is 0. The summed E-state index contributed by atoms with van der Waals surface area (Å²) in [4.78, 5) is 4.96. The molecule has 0 N–H and O–H groups in total. The molecule has 8 aromatic rings. The Morgan fingerprint density at radius 2 is 0.807 bits per heavy atom. The molecule has 0 amide bonds. The zero-order valence-electron chi connectivity index (χ0n) is 32.7. The third kappa shape index (κ3) is 6.42. The number of anilines is 6. The Hall–Kier alpha value is -6.64. The Bertz CT molecular complexity index is 2660. The second-order valence-corrected chi connectivity index (χ2v) is 16.1. The first-order chi connectivity index (χ1) is 28.0. The number of hydrogen-bond acceptors (Lipinski definition) is 2. The summed E-state index contributed by atoms with van der Waals surface area (Å²) in [6.45, 7) is 4.75. The molecule has 5 aliphatic carbocycles. The molecule has 0 atom stereocenters. The Balaban J connectivity index is 1.08. The first-order valence-electron chi connectivity index (χ1n) is 20.4. The summed E-state index contributed by atoms with van der Waals surface area (Å²) in [5.74, 6) is 0. The lowest BCUT2D eigenvalue weighted by molar-refractivity contribution is 0.660. The van der Waals surface area contributed by atoms with E-state index in [1.54, 1.807) is 0 Å². The normalized spacial score (nSPS) is 13.6. The van der Waals surface area contributed by atoms with Crippen molar-refractivity contribution in [1.29, 1.82) is 0 Å². The summed E-state index contributed by atoms with van der Waals surface area (Å²) in [7, 11) is 0. The van der Waals surface area contributed by atoms with Crippen molar-refractivity contribution in [3.05, 3.63) is 228 Å². The lowest BCUT2D eigenvalue weighted by atomic mass is 9.82. The molecule has 0 radical (unpaired) electrons. The fourth-order valence-electron chi connectivity index (χ4n) is 9.20. The average Bonchev–Trinajstić information content (AvgIpc) is 3.49. The fourth-order valence-corrected chi connectivity index (χ4v) is 9.20. The van der Waals surface area contributed by atoms with Crippen molar-refractivity contribution in [3.8, 4) is 22.3 Å². The van der Waals surface area contributed by atoms with Crippen molar-refractivity contribution in [1.82, 2.24) is 0 Å². The molecule has 0 unspecified atom stereocenters. The van der Waals surface area contributed by atoms with Crippen LogP contribution >= 0.6 is 0 Å². The average molecular weight is 735 g/mol. The standard InChI is InChI=1S/C55H46N2/c1-55(2)51-21-13-12-20-49(51)50-35-34-48(38-52(50)55)57(47-32-30-42(31-33-47)41-14-6-3-7-15-41)54-37-40-23-27-43-26-22-39(24-28-44(54)29-25-40)36-53(43)56(45-16-8-4-9-17-45)46-18-10-5-11-19-46/h3-22,25-26,29-38H,23-24,27-28H2,1-2H3. The third-order valence-electron chi connectivity index (χ3n) is 12.2. The Morgan fingerprint density at radius 1 is 0.351 bits per heavy atom. The highest BCUT2D eigenvalue weighted by atomic mass is 15.2. The fraction of sp³-hybridized carbons (Fsp3) is 0.127. The molecule has 0 aromatic heterocycles. The number of fused-ring (bicyclic) bond motifs is 3. The number of para-hydroxylation sites is 2. The molecule has 0 heterocycles. The molecule has 276 valence electrons. The maximum atomic E-state index is 2.53. The molecule has 57 heavy (non-hydrogen) atoms. The number of nitrogens with zero attached hydrogens (tertiary/aromatic N) is 2. The zero-order valence-corrected chi connectivity index (χ0v) is 32.7. The van der Waals surface area contributed by atoms with E-state index < -0.39 is 0 Å². The van der Waals surface area contributed by atoms with Gasteiger partial charge in [0.1, 0.15) is 0 Å². The van der Waals surface area contributed by atoms with Gasteiger partial charge in [0.2, 0.25) is 0 Å². The van der Waals surface area contributed by atoms with E-state index in [2.05, 4.69) is 218 Å². The summed E-state index contributed by atoms with van der Waals surface area (Å²) in [6, 6.07) is 72.0. The van der Waals surface area contributed by atoms with E-state index in [1.165, 1.54) is 89.8 Å². The molecule has 2 heteroatoms. The highest BCUT2D eigenvalue weighted by Crippen LogP contribution is 2.51. The van der Waals surface area contributed by atoms with Crippen LogP contribution in [0.1, 0.15) is 47.2 Å². The van der Waals surface area contributed by atoms with E-state index >= 15 is 0 Å². The van der Waals surface area contributed by atoms with Crippen LogP contribution < -0.4 is 9.80 Å². The van der Waals surface area contributed by atoms with Crippen molar-refractivity contribution in [2.45, 2.75) is 44.9 Å². The van der Waals surface area contributed by atoms with Crippen molar-refractivity contribution in [2.75, 3.05) is 9.80 Å². The van der Waals surface area contributed by atoms with Gasteiger partial charge in [-0.2, -0.15) is 0 Å². The maximum Gasteiger partial charge on any atom is 0.0496 e. The van der Waals surface area contributed by atoms with Gasteiger partial charge in [-0.05, 0) is 142 Å². The SMILES string of the molecule is CC1(C)c2ccccc2-c2ccc(N(c3ccc(-c4ccccc4)cc3)c3cc4ccc3CCc3ccc(c(N(c5ccccc5)c5ccccc5)c3)CC4)cc21. The number of benzene rings is 8. The van der Waals surface area contributed by atoms with E-state index in [9.17, 15) is 0 Å². The van der Waals surface area contributed by atoms with Gasteiger partial charge >= 0.3 is 0 Å². The van der Waals surface area contributed by atoms with Crippen LogP contribution in [-0.2, 0) is 31.1 Å². The maximum absolute atomic E-state index is 2.53. The third-order valence-corrected chi connectivity index (χ3v) is 12.2. The van der Waals surface area contributed by atoms with E-state index in [0.717, 1.165) is 25.7 Å². The van der Waals surface area contributed by atoms with Crippen LogP contribution in [0.25, 0.3) is 22.3 Å².